The van der Waals surface area contributed by atoms with Gasteiger partial charge >= 0.3 is 11.1 Å². The van der Waals surface area contributed by atoms with Crippen molar-refractivity contribution in [3.8, 4) is 0 Å². The minimum Gasteiger partial charge on any atom is -0.377 e. The molecule has 0 aliphatic carbocycles. The van der Waals surface area contributed by atoms with E-state index in [1.165, 1.54) is 31.1 Å². The third-order valence-corrected chi connectivity index (χ3v) is 1.89. The second-order valence-electron chi connectivity index (χ2n) is 3.12. The Kier molecular flexibility index (Phi) is 3.56. The normalized spacial score (nSPS) is 10.3. The van der Waals surface area contributed by atoms with Gasteiger partial charge in [-0.25, -0.2) is 0 Å². The van der Waals surface area contributed by atoms with Gasteiger partial charge in [-0.1, -0.05) is 0 Å². The Bertz CT molecular complexity index is 472. The number of carbonyl (C=O) groups is 1. The van der Waals surface area contributed by atoms with E-state index in [-0.39, 0.29) is 18.9 Å². The Labute approximate surface area is 85.7 Å². The molecule has 82 valence electrons. The molecule has 6 nitrogen and oxygen atoms in total. The minimum atomic E-state index is -0.704. The Morgan fingerprint density at radius 2 is 2.00 bits per heavy atom. The van der Waals surface area contributed by atoms with Gasteiger partial charge in [-0.15, -0.1) is 0 Å². The lowest BCUT2D eigenvalue weighted by Crippen LogP contribution is -2.40. The molecular weight excluding hydrogens is 200 g/mol. The number of hydrogen-bond donors (Lipinski definition) is 0. The fourth-order valence-electron chi connectivity index (χ4n) is 1.11. The molecule has 0 aromatic carbocycles. The number of aromatic nitrogens is 2. The van der Waals surface area contributed by atoms with Crippen LogP contribution >= 0.6 is 0 Å². The topological polar surface area (TPSA) is 70.3 Å². The van der Waals surface area contributed by atoms with Crippen LogP contribution in [0, 0.1) is 0 Å². The highest BCUT2D eigenvalue weighted by molar-refractivity contribution is 5.79. The number of rotatable bonds is 4. The van der Waals surface area contributed by atoms with Gasteiger partial charge < -0.3 is 13.9 Å². The summed E-state index contributed by atoms with van der Waals surface area (Å²) >= 11 is 0. The first kappa shape index (κ1) is 11.4. The monoisotopic (exact) mass is 212 g/mol. The fourth-order valence-corrected chi connectivity index (χ4v) is 1.11. The second-order valence-corrected chi connectivity index (χ2v) is 3.12. The van der Waals surface area contributed by atoms with Crippen LogP contribution in [-0.2, 0) is 23.1 Å². The van der Waals surface area contributed by atoms with Gasteiger partial charge in [0.15, 0.2) is 5.78 Å². The van der Waals surface area contributed by atoms with Crippen molar-refractivity contribution < 1.29 is 9.53 Å². The van der Waals surface area contributed by atoms with Crippen molar-refractivity contribution >= 4 is 5.78 Å². The molecule has 0 saturated carbocycles. The third kappa shape index (κ3) is 2.63. The van der Waals surface area contributed by atoms with Gasteiger partial charge in [0, 0.05) is 26.6 Å². The lowest BCUT2D eigenvalue weighted by molar-refractivity contribution is -0.123. The average Bonchev–Trinajstić information content (AvgIpc) is 2.20. The Morgan fingerprint density at radius 1 is 1.33 bits per heavy atom. The second kappa shape index (κ2) is 4.70. The summed E-state index contributed by atoms with van der Waals surface area (Å²) in [5.41, 5.74) is -1.35. The molecule has 0 bridgehead atoms. The zero-order chi connectivity index (χ0) is 11.4. The number of aryl methyl sites for hydroxylation is 1. The van der Waals surface area contributed by atoms with Gasteiger partial charge in [0.05, 0.1) is 6.54 Å². The van der Waals surface area contributed by atoms with Crippen molar-refractivity contribution in [3.63, 3.8) is 0 Å². The maximum atomic E-state index is 11.4. The van der Waals surface area contributed by atoms with Crippen LogP contribution in [0.15, 0.2) is 22.0 Å². The van der Waals surface area contributed by atoms with Gasteiger partial charge in [0.2, 0.25) is 0 Å². The van der Waals surface area contributed by atoms with Crippen LogP contribution in [0.2, 0.25) is 0 Å². The van der Waals surface area contributed by atoms with Gasteiger partial charge in [-0.3, -0.25) is 14.4 Å². The summed E-state index contributed by atoms with van der Waals surface area (Å²) < 4.78 is 6.86. The molecule has 0 fully saturated rings. The number of hydrogen-bond acceptors (Lipinski definition) is 4. The largest absolute Gasteiger partial charge is 0.377 e. The van der Waals surface area contributed by atoms with Gasteiger partial charge in [-0.2, -0.15) is 0 Å². The van der Waals surface area contributed by atoms with Crippen LogP contribution in [0.25, 0.3) is 0 Å². The highest BCUT2D eigenvalue weighted by atomic mass is 16.5. The summed E-state index contributed by atoms with van der Waals surface area (Å²) in [5.74, 6) is -0.257. The Morgan fingerprint density at radius 3 is 2.60 bits per heavy atom. The van der Waals surface area contributed by atoms with Crippen molar-refractivity contribution in [3.05, 3.63) is 33.1 Å². The Hall–Kier alpha value is -1.69. The maximum absolute atomic E-state index is 11.4. The van der Waals surface area contributed by atoms with Crippen molar-refractivity contribution in [1.82, 2.24) is 9.13 Å². The summed E-state index contributed by atoms with van der Waals surface area (Å²) in [4.78, 5) is 33.7. The van der Waals surface area contributed by atoms with Crippen LogP contribution < -0.4 is 11.1 Å². The average molecular weight is 212 g/mol. The molecule has 6 heteroatoms. The van der Waals surface area contributed by atoms with Gasteiger partial charge in [0.1, 0.15) is 6.61 Å². The van der Waals surface area contributed by atoms with Crippen molar-refractivity contribution in [2.45, 2.75) is 6.54 Å². The summed E-state index contributed by atoms with van der Waals surface area (Å²) in [6, 6.07) is 0. The number of ether oxygens (including phenoxy) is 1. The molecule has 0 spiro atoms. The summed E-state index contributed by atoms with van der Waals surface area (Å²) in [7, 11) is 2.87. The number of methoxy groups -OCH3 is 1. The van der Waals surface area contributed by atoms with E-state index in [0.717, 1.165) is 4.57 Å². The van der Waals surface area contributed by atoms with E-state index in [2.05, 4.69) is 4.74 Å². The van der Waals surface area contributed by atoms with E-state index >= 15 is 0 Å². The molecule has 1 aromatic rings. The first-order valence-electron chi connectivity index (χ1n) is 4.33. The molecular formula is C9H12N2O4. The third-order valence-electron chi connectivity index (χ3n) is 1.89. The van der Waals surface area contributed by atoms with Crippen LogP contribution in [0.5, 0.6) is 0 Å². The van der Waals surface area contributed by atoms with E-state index in [4.69, 9.17) is 0 Å². The van der Waals surface area contributed by atoms with Crippen molar-refractivity contribution in [2.24, 2.45) is 7.05 Å². The van der Waals surface area contributed by atoms with Crippen molar-refractivity contribution in [2.75, 3.05) is 13.7 Å². The molecule has 0 atom stereocenters. The number of carbonyl (C=O) groups excluding carboxylic acids is 1. The molecule has 0 aliphatic heterocycles. The summed E-state index contributed by atoms with van der Waals surface area (Å²) in [5, 5.41) is 0. The van der Waals surface area contributed by atoms with Gasteiger partial charge in [0.25, 0.3) is 0 Å². The summed E-state index contributed by atoms with van der Waals surface area (Å²) in [6.45, 7) is -0.204. The first-order valence-corrected chi connectivity index (χ1v) is 4.33. The molecule has 0 N–H and O–H groups in total. The number of ketones is 1. The van der Waals surface area contributed by atoms with E-state index in [0.29, 0.717) is 0 Å². The molecule has 0 saturated heterocycles. The molecule has 0 aliphatic rings. The molecule has 1 aromatic heterocycles. The molecule has 0 radical (unpaired) electrons. The predicted octanol–water partition coefficient (Wildman–Crippen LogP) is -1.24. The fraction of sp³-hybridized carbons (Fsp3) is 0.444. The highest BCUT2D eigenvalue weighted by Crippen LogP contribution is 1.82. The quantitative estimate of drug-likeness (QED) is 0.585. The number of nitrogens with zero attached hydrogens (tertiary/aromatic N) is 2. The first-order chi connectivity index (χ1) is 7.06. The lowest BCUT2D eigenvalue weighted by Gasteiger charge is -2.04. The van der Waals surface area contributed by atoms with Crippen LogP contribution in [-0.4, -0.2) is 28.6 Å². The lowest BCUT2D eigenvalue weighted by atomic mass is 10.4. The number of Topliss-reactive ketones (excluding diaryl/α,β-unsaturated/α-hetero) is 1. The highest BCUT2D eigenvalue weighted by Gasteiger charge is 2.06. The maximum Gasteiger partial charge on any atom is 0.316 e. The van der Waals surface area contributed by atoms with E-state index < -0.39 is 11.1 Å². The van der Waals surface area contributed by atoms with Crippen LogP contribution in [0.1, 0.15) is 0 Å². The molecule has 0 unspecified atom stereocenters. The molecule has 1 heterocycles. The van der Waals surface area contributed by atoms with Crippen LogP contribution in [0.4, 0.5) is 0 Å². The van der Waals surface area contributed by atoms with Gasteiger partial charge in [-0.05, 0) is 0 Å². The minimum absolute atomic E-state index is 0.0678. The zero-order valence-corrected chi connectivity index (χ0v) is 8.60. The van der Waals surface area contributed by atoms with E-state index in [9.17, 15) is 14.4 Å². The molecule has 0 amide bonds. The SMILES string of the molecule is COCC(=O)Cn1ccn(C)c(=O)c1=O. The van der Waals surface area contributed by atoms with Crippen LogP contribution in [0.3, 0.4) is 0 Å². The zero-order valence-electron chi connectivity index (χ0n) is 8.60. The molecule has 15 heavy (non-hydrogen) atoms. The smallest absolute Gasteiger partial charge is 0.316 e. The van der Waals surface area contributed by atoms with Crippen molar-refractivity contribution in [1.29, 1.82) is 0 Å². The Balaban J connectivity index is 2.98. The molecule has 1 rings (SSSR count). The summed E-state index contributed by atoms with van der Waals surface area (Å²) in [6.07, 6.45) is 2.83. The van der Waals surface area contributed by atoms with E-state index in [1.54, 1.807) is 0 Å². The standard InChI is InChI=1S/C9H12N2O4/c1-10-3-4-11(9(14)8(10)13)5-7(12)6-15-2/h3-4H,5-6H2,1-2H3. The predicted molar refractivity (Wildman–Crippen MR) is 52.8 cm³/mol. The van der Waals surface area contributed by atoms with E-state index in [1.807, 2.05) is 0 Å².